The Morgan fingerprint density at radius 2 is 1.95 bits per heavy atom. The Bertz CT molecular complexity index is 671. The average Bonchev–Trinajstić information content (AvgIpc) is 3.02. The number of para-hydroxylation sites is 1. The predicted octanol–water partition coefficient (Wildman–Crippen LogP) is 1.85. The van der Waals surface area contributed by atoms with E-state index in [1.807, 2.05) is 0 Å². The zero-order valence-corrected chi connectivity index (χ0v) is 12.6. The van der Waals surface area contributed by atoms with E-state index in [1.165, 1.54) is 42.5 Å². The summed E-state index contributed by atoms with van der Waals surface area (Å²) in [5.41, 5.74) is -1.35. The Balaban J connectivity index is 1.92. The number of anilines is 1. The van der Waals surface area contributed by atoms with Gasteiger partial charge in [-0.15, -0.1) is 11.3 Å². The van der Waals surface area contributed by atoms with Gasteiger partial charge in [-0.05, 0) is 30.5 Å². The second-order valence-corrected chi connectivity index (χ2v) is 5.82. The first-order valence-electron chi connectivity index (χ1n) is 6.50. The fourth-order valence-electron chi connectivity index (χ4n) is 1.75. The van der Waals surface area contributed by atoms with E-state index in [1.54, 1.807) is 17.5 Å². The number of carbonyl (C=O) groups is 2. The maximum Gasteiger partial charge on any atom is 0.313 e. The molecule has 2 aromatic rings. The molecule has 1 unspecified atom stereocenters. The van der Waals surface area contributed by atoms with Gasteiger partial charge in [0.1, 0.15) is 11.4 Å². The summed E-state index contributed by atoms with van der Waals surface area (Å²) in [5.74, 6) is -2.57. The Labute approximate surface area is 130 Å². The monoisotopic (exact) mass is 322 g/mol. The molecule has 1 aromatic carbocycles. The molecule has 7 heteroatoms. The van der Waals surface area contributed by atoms with Gasteiger partial charge in [-0.25, -0.2) is 4.39 Å². The second kappa shape index (κ2) is 6.67. The second-order valence-electron chi connectivity index (χ2n) is 4.87. The summed E-state index contributed by atoms with van der Waals surface area (Å²) in [7, 11) is 0. The van der Waals surface area contributed by atoms with E-state index in [2.05, 4.69) is 10.6 Å². The molecule has 2 amide bonds. The van der Waals surface area contributed by atoms with Gasteiger partial charge >= 0.3 is 11.8 Å². The summed E-state index contributed by atoms with van der Waals surface area (Å²) in [5, 5.41) is 16.6. The smallest absolute Gasteiger partial charge is 0.313 e. The van der Waals surface area contributed by atoms with E-state index in [4.69, 9.17) is 0 Å². The van der Waals surface area contributed by atoms with Crippen molar-refractivity contribution in [2.45, 2.75) is 12.5 Å². The molecule has 22 heavy (non-hydrogen) atoms. The number of benzene rings is 1. The van der Waals surface area contributed by atoms with Gasteiger partial charge in [0, 0.05) is 4.88 Å². The Morgan fingerprint density at radius 3 is 2.59 bits per heavy atom. The highest BCUT2D eigenvalue weighted by Crippen LogP contribution is 2.24. The van der Waals surface area contributed by atoms with Crippen LogP contribution in [0.15, 0.2) is 41.8 Å². The van der Waals surface area contributed by atoms with Gasteiger partial charge in [-0.2, -0.15) is 0 Å². The quantitative estimate of drug-likeness (QED) is 0.752. The molecule has 1 atom stereocenters. The summed E-state index contributed by atoms with van der Waals surface area (Å²) in [6.45, 7) is 1.41. The van der Waals surface area contributed by atoms with Crippen molar-refractivity contribution in [1.29, 1.82) is 0 Å². The Morgan fingerprint density at radius 1 is 1.23 bits per heavy atom. The minimum absolute atomic E-state index is 0.0762. The first-order chi connectivity index (χ1) is 10.4. The number of aliphatic hydroxyl groups is 1. The minimum atomic E-state index is -1.28. The van der Waals surface area contributed by atoms with Crippen LogP contribution in [-0.2, 0) is 15.2 Å². The van der Waals surface area contributed by atoms with Crippen molar-refractivity contribution in [3.8, 4) is 0 Å². The minimum Gasteiger partial charge on any atom is -0.383 e. The van der Waals surface area contributed by atoms with Gasteiger partial charge < -0.3 is 15.7 Å². The number of rotatable bonds is 4. The lowest BCUT2D eigenvalue weighted by molar-refractivity contribution is -0.136. The fraction of sp³-hybridized carbons (Fsp3) is 0.200. The molecule has 0 radical (unpaired) electrons. The van der Waals surface area contributed by atoms with Crippen molar-refractivity contribution in [2.75, 3.05) is 11.9 Å². The maximum atomic E-state index is 13.4. The normalized spacial score (nSPS) is 13.2. The topological polar surface area (TPSA) is 78.4 Å². The molecule has 3 N–H and O–H groups in total. The van der Waals surface area contributed by atoms with Gasteiger partial charge in [0.05, 0.1) is 12.2 Å². The number of hydrogen-bond acceptors (Lipinski definition) is 4. The number of amides is 2. The SMILES string of the molecule is CC(O)(CNC(=O)C(=O)Nc1ccccc1F)c1cccs1. The van der Waals surface area contributed by atoms with Crippen LogP contribution < -0.4 is 10.6 Å². The van der Waals surface area contributed by atoms with E-state index in [-0.39, 0.29) is 12.2 Å². The van der Waals surface area contributed by atoms with E-state index in [0.717, 1.165) is 0 Å². The summed E-state index contributed by atoms with van der Waals surface area (Å²) < 4.78 is 13.4. The van der Waals surface area contributed by atoms with E-state index < -0.39 is 23.2 Å². The highest BCUT2D eigenvalue weighted by molar-refractivity contribution is 7.10. The van der Waals surface area contributed by atoms with Crippen molar-refractivity contribution in [3.05, 3.63) is 52.5 Å². The van der Waals surface area contributed by atoms with E-state index >= 15 is 0 Å². The zero-order chi connectivity index (χ0) is 16.2. The van der Waals surface area contributed by atoms with Crippen molar-refractivity contribution in [2.24, 2.45) is 0 Å². The molecule has 0 bridgehead atoms. The first-order valence-corrected chi connectivity index (χ1v) is 7.38. The highest BCUT2D eigenvalue weighted by Gasteiger charge is 2.26. The first kappa shape index (κ1) is 16.1. The van der Waals surface area contributed by atoms with Gasteiger partial charge in [-0.3, -0.25) is 9.59 Å². The third-order valence-corrected chi connectivity index (χ3v) is 4.10. The van der Waals surface area contributed by atoms with Crippen molar-refractivity contribution in [3.63, 3.8) is 0 Å². The molecule has 1 heterocycles. The molecule has 0 spiro atoms. The van der Waals surface area contributed by atoms with Crippen LogP contribution in [0.1, 0.15) is 11.8 Å². The molecule has 116 valence electrons. The lowest BCUT2D eigenvalue weighted by Crippen LogP contribution is -2.43. The zero-order valence-electron chi connectivity index (χ0n) is 11.8. The molecule has 0 saturated carbocycles. The van der Waals surface area contributed by atoms with Crippen LogP contribution in [0.5, 0.6) is 0 Å². The Kier molecular flexibility index (Phi) is 4.89. The van der Waals surface area contributed by atoms with Crippen LogP contribution >= 0.6 is 11.3 Å². The van der Waals surface area contributed by atoms with Gasteiger partial charge in [0.2, 0.25) is 0 Å². The Hall–Kier alpha value is -2.25. The molecule has 0 aliphatic rings. The van der Waals surface area contributed by atoms with Crippen LogP contribution in [0.3, 0.4) is 0 Å². The number of nitrogens with one attached hydrogen (secondary N) is 2. The third-order valence-electron chi connectivity index (χ3n) is 2.97. The van der Waals surface area contributed by atoms with Crippen LogP contribution in [-0.4, -0.2) is 23.5 Å². The average molecular weight is 322 g/mol. The largest absolute Gasteiger partial charge is 0.383 e. The molecule has 0 aliphatic heterocycles. The van der Waals surface area contributed by atoms with Crippen LogP contribution in [0.25, 0.3) is 0 Å². The number of hydrogen-bond donors (Lipinski definition) is 3. The summed E-state index contributed by atoms with van der Waals surface area (Å²) in [6.07, 6.45) is 0. The summed E-state index contributed by atoms with van der Waals surface area (Å²) in [4.78, 5) is 24.1. The summed E-state index contributed by atoms with van der Waals surface area (Å²) in [6, 6.07) is 9.05. The summed E-state index contributed by atoms with van der Waals surface area (Å²) >= 11 is 1.34. The lowest BCUT2D eigenvalue weighted by Gasteiger charge is -2.22. The molecule has 5 nitrogen and oxygen atoms in total. The highest BCUT2D eigenvalue weighted by atomic mass is 32.1. The molecular formula is C15H15FN2O3S. The number of halogens is 1. The van der Waals surface area contributed by atoms with Crippen LogP contribution in [0.4, 0.5) is 10.1 Å². The molecule has 2 rings (SSSR count). The van der Waals surface area contributed by atoms with Gasteiger partial charge in [0.15, 0.2) is 0 Å². The van der Waals surface area contributed by atoms with Crippen LogP contribution in [0, 0.1) is 5.82 Å². The van der Waals surface area contributed by atoms with Crippen LogP contribution in [0.2, 0.25) is 0 Å². The predicted molar refractivity (Wildman–Crippen MR) is 81.9 cm³/mol. The van der Waals surface area contributed by atoms with Crippen molar-refractivity contribution < 1.29 is 19.1 Å². The lowest BCUT2D eigenvalue weighted by atomic mass is 10.1. The molecule has 0 fully saturated rings. The van der Waals surface area contributed by atoms with Gasteiger partial charge in [0.25, 0.3) is 0 Å². The van der Waals surface area contributed by atoms with E-state index in [0.29, 0.717) is 4.88 Å². The van der Waals surface area contributed by atoms with Gasteiger partial charge in [-0.1, -0.05) is 18.2 Å². The third kappa shape index (κ3) is 3.90. The molecule has 0 aliphatic carbocycles. The molecule has 1 aromatic heterocycles. The van der Waals surface area contributed by atoms with Crippen molar-refractivity contribution in [1.82, 2.24) is 5.32 Å². The maximum absolute atomic E-state index is 13.4. The number of thiophene rings is 1. The van der Waals surface area contributed by atoms with Crippen molar-refractivity contribution >= 4 is 28.8 Å². The standard InChI is InChI=1S/C15H15FN2O3S/c1-15(21,12-7-4-8-22-12)9-17-13(19)14(20)18-11-6-3-2-5-10(11)16/h2-8,21H,9H2,1H3,(H,17,19)(H,18,20). The fourth-order valence-corrected chi connectivity index (χ4v) is 2.53. The molecular weight excluding hydrogens is 307 g/mol. The van der Waals surface area contributed by atoms with E-state index in [9.17, 15) is 19.1 Å². The number of carbonyl (C=O) groups excluding carboxylic acids is 2. The molecule has 0 saturated heterocycles.